The number of nitrogens with two attached hydrogens (primary N) is 1. The number of hydrogen-bond acceptors (Lipinski definition) is 3. The van der Waals surface area contributed by atoms with E-state index in [1.807, 2.05) is 18.5 Å². The van der Waals surface area contributed by atoms with Gasteiger partial charge in [-0.05, 0) is 48.9 Å². The average Bonchev–Trinajstić information content (AvgIpc) is 2.48. The molecular weight excluding hydrogens is 326 g/mol. The first-order chi connectivity index (χ1) is 10.1. The monoisotopic (exact) mass is 347 g/mol. The average molecular weight is 348 g/mol. The van der Waals surface area contributed by atoms with E-state index in [0.717, 1.165) is 17.4 Å². The largest absolute Gasteiger partial charge is 0.326 e. The molecule has 2 aromatic rings. The number of aromatic nitrogens is 1. The van der Waals surface area contributed by atoms with Crippen molar-refractivity contribution in [3.8, 4) is 0 Å². The van der Waals surface area contributed by atoms with Crippen LogP contribution in [0, 0.1) is 0 Å². The van der Waals surface area contributed by atoms with Crippen molar-refractivity contribution in [3.05, 3.63) is 64.4 Å². The van der Waals surface area contributed by atoms with Gasteiger partial charge in [0.2, 0.25) is 0 Å². The SMILES string of the molecule is CCC(N)C(c1ccncc1)N(C)Cc1cccc(Br)c1. The summed E-state index contributed by atoms with van der Waals surface area (Å²) >= 11 is 3.53. The van der Waals surface area contributed by atoms with Gasteiger partial charge in [-0.25, -0.2) is 0 Å². The molecule has 112 valence electrons. The van der Waals surface area contributed by atoms with Crippen LogP contribution in [0.3, 0.4) is 0 Å². The second-order valence-electron chi connectivity index (χ2n) is 5.34. The van der Waals surface area contributed by atoms with Gasteiger partial charge >= 0.3 is 0 Å². The summed E-state index contributed by atoms with van der Waals surface area (Å²) in [5.74, 6) is 0. The molecule has 0 spiro atoms. The van der Waals surface area contributed by atoms with Crippen molar-refractivity contribution < 1.29 is 0 Å². The lowest BCUT2D eigenvalue weighted by Crippen LogP contribution is -2.38. The zero-order chi connectivity index (χ0) is 15.2. The molecule has 0 radical (unpaired) electrons. The molecule has 0 aliphatic carbocycles. The Morgan fingerprint density at radius 1 is 1.24 bits per heavy atom. The van der Waals surface area contributed by atoms with Crippen LogP contribution in [0.5, 0.6) is 0 Å². The Labute approximate surface area is 135 Å². The van der Waals surface area contributed by atoms with Crippen molar-refractivity contribution in [2.45, 2.75) is 32.0 Å². The van der Waals surface area contributed by atoms with E-state index < -0.39 is 0 Å². The minimum atomic E-state index is 0.101. The van der Waals surface area contributed by atoms with Crippen LogP contribution in [0.15, 0.2) is 53.3 Å². The van der Waals surface area contributed by atoms with Crippen LogP contribution in [-0.2, 0) is 6.54 Å². The van der Waals surface area contributed by atoms with Gasteiger partial charge in [0, 0.05) is 29.5 Å². The fourth-order valence-electron chi connectivity index (χ4n) is 2.63. The summed E-state index contributed by atoms with van der Waals surface area (Å²) in [6.45, 7) is 2.99. The molecule has 0 saturated carbocycles. The molecule has 0 saturated heterocycles. The van der Waals surface area contributed by atoms with Crippen LogP contribution in [0.2, 0.25) is 0 Å². The molecule has 1 heterocycles. The van der Waals surface area contributed by atoms with Crippen LogP contribution in [-0.4, -0.2) is 23.0 Å². The van der Waals surface area contributed by atoms with Gasteiger partial charge in [-0.1, -0.05) is 35.0 Å². The molecule has 0 aliphatic rings. The maximum absolute atomic E-state index is 6.36. The molecule has 21 heavy (non-hydrogen) atoms. The number of likely N-dealkylation sites (N-methyl/N-ethyl adjacent to an activating group) is 1. The highest BCUT2D eigenvalue weighted by Gasteiger charge is 2.23. The first-order valence-corrected chi connectivity index (χ1v) is 8.01. The standard InChI is InChI=1S/C17H22BrN3/c1-3-16(19)17(14-7-9-20-10-8-14)21(2)12-13-5-4-6-15(18)11-13/h4-11,16-17H,3,12,19H2,1-2H3. The summed E-state index contributed by atoms with van der Waals surface area (Å²) in [5, 5.41) is 0. The third-order valence-corrected chi connectivity index (χ3v) is 4.21. The second kappa shape index (κ2) is 7.69. The highest BCUT2D eigenvalue weighted by atomic mass is 79.9. The van der Waals surface area contributed by atoms with Gasteiger partial charge in [0.1, 0.15) is 0 Å². The highest BCUT2D eigenvalue weighted by Crippen LogP contribution is 2.25. The predicted octanol–water partition coefficient (Wildman–Crippen LogP) is 3.75. The van der Waals surface area contributed by atoms with Crippen molar-refractivity contribution in [1.29, 1.82) is 0 Å². The van der Waals surface area contributed by atoms with E-state index in [4.69, 9.17) is 5.73 Å². The molecule has 4 heteroatoms. The van der Waals surface area contributed by atoms with Crippen molar-refractivity contribution >= 4 is 15.9 Å². The summed E-state index contributed by atoms with van der Waals surface area (Å²) in [6, 6.07) is 12.8. The smallest absolute Gasteiger partial charge is 0.0500 e. The molecule has 2 atom stereocenters. The molecular formula is C17H22BrN3. The molecule has 2 unspecified atom stereocenters. The summed E-state index contributed by atoms with van der Waals surface area (Å²) in [5.41, 5.74) is 8.85. The zero-order valence-electron chi connectivity index (χ0n) is 12.5. The number of rotatable bonds is 6. The highest BCUT2D eigenvalue weighted by molar-refractivity contribution is 9.10. The van der Waals surface area contributed by atoms with Crippen LogP contribution >= 0.6 is 15.9 Å². The van der Waals surface area contributed by atoms with Crippen LogP contribution in [0.1, 0.15) is 30.5 Å². The first kappa shape index (κ1) is 16.1. The predicted molar refractivity (Wildman–Crippen MR) is 90.9 cm³/mol. The number of pyridine rings is 1. The topological polar surface area (TPSA) is 42.1 Å². The lowest BCUT2D eigenvalue weighted by molar-refractivity contribution is 0.201. The Morgan fingerprint density at radius 2 is 1.95 bits per heavy atom. The Kier molecular flexibility index (Phi) is 5.91. The van der Waals surface area contributed by atoms with E-state index in [1.165, 1.54) is 11.1 Å². The Morgan fingerprint density at radius 3 is 2.57 bits per heavy atom. The number of halogens is 1. The van der Waals surface area contributed by atoms with Gasteiger partial charge in [-0.15, -0.1) is 0 Å². The molecule has 3 nitrogen and oxygen atoms in total. The van der Waals surface area contributed by atoms with E-state index >= 15 is 0 Å². The molecule has 0 amide bonds. The van der Waals surface area contributed by atoms with E-state index in [2.05, 4.69) is 70.1 Å². The molecule has 1 aromatic carbocycles. The van der Waals surface area contributed by atoms with Gasteiger partial charge in [0.05, 0.1) is 6.04 Å². The van der Waals surface area contributed by atoms with E-state index in [-0.39, 0.29) is 12.1 Å². The van der Waals surface area contributed by atoms with Gasteiger partial charge in [0.25, 0.3) is 0 Å². The Hall–Kier alpha value is -1.23. The summed E-state index contributed by atoms with van der Waals surface area (Å²) in [6.07, 6.45) is 4.60. The summed E-state index contributed by atoms with van der Waals surface area (Å²) in [7, 11) is 2.13. The van der Waals surface area contributed by atoms with E-state index in [1.54, 1.807) is 0 Å². The van der Waals surface area contributed by atoms with E-state index in [0.29, 0.717) is 0 Å². The third-order valence-electron chi connectivity index (χ3n) is 3.72. The van der Waals surface area contributed by atoms with Gasteiger partial charge in [-0.2, -0.15) is 0 Å². The zero-order valence-corrected chi connectivity index (χ0v) is 14.1. The number of benzene rings is 1. The van der Waals surface area contributed by atoms with Gasteiger partial charge in [0.15, 0.2) is 0 Å². The van der Waals surface area contributed by atoms with E-state index in [9.17, 15) is 0 Å². The molecule has 0 fully saturated rings. The third kappa shape index (κ3) is 4.37. The summed E-state index contributed by atoms with van der Waals surface area (Å²) in [4.78, 5) is 6.41. The van der Waals surface area contributed by atoms with Crippen molar-refractivity contribution in [2.24, 2.45) is 5.73 Å². The number of hydrogen-bond donors (Lipinski definition) is 1. The molecule has 1 aromatic heterocycles. The molecule has 0 aliphatic heterocycles. The minimum absolute atomic E-state index is 0.101. The molecule has 2 rings (SSSR count). The Balaban J connectivity index is 2.20. The fourth-order valence-corrected chi connectivity index (χ4v) is 3.08. The maximum Gasteiger partial charge on any atom is 0.0500 e. The second-order valence-corrected chi connectivity index (χ2v) is 6.26. The van der Waals surface area contributed by atoms with Gasteiger partial charge in [-0.3, -0.25) is 9.88 Å². The van der Waals surface area contributed by atoms with Crippen molar-refractivity contribution in [1.82, 2.24) is 9.88 Å². The lowest BCUT2D eigenvalue weighted by Gasteiger charge is -2.32. The lowest BCUT2D eigenvalue weighted by atomic mass is 9.97. The van der Waals surface area contributed by atoms with Crippen molar-refractivity contribution in [2.75, 3.05) is 7.05 Å². The first-order valence-electron chi connectivity index (χ1n) is 7.22. The normalized spacial score (nSPS) is 14.1. The van der Waals surface area contributed by atoms with Crippen molar-refractivity contribution in [3.63, 3.8) is 0 Å². The summed E-state index contributed by atoms with van der Waals surface area (Å²) < 4.78 is 1.11. The van der Waals surface area contributed by atoms with Gasteiger partial charge < -0.3 is 5.73 Å². The molecule has 0 bridgehead atoms. The minimum Gasteiger partial charge on any atom is -0.326 e. The number of nitrogens with zero attached hydrogens (tertiary/aromatic N) is 2. The Bertz CT molecular complexity index is 559. The van der Waals surface area contributed by atoms with Crippen LogP contribution in [0.4, 0.5) is 0 Å². The van der Waals surface area contributed by atoms with Crippen LogP contribution < -0.4 is 5.73 Å². The van der Waals surface area contributed by atoms with Crippen LogP contribution in [0.25, 0.3) is 0 Å². The quantitative estimate of drug-likeness (QED) is 0.864. The maximum atomic E-state index is 6.36. The molecule has 2 N–H and O–H groups in total. The fraction of sp³-hybridized carbons (Fsp3) is 0.353.